The Labute approximate surface area is 184 Å². The summed E-state index contributed by atoms with van der Waals surface area (Å²) in [5.41, 5.74) is 3.07. The fourth-order valence-electron chi connectivity index (χ4n) is 3.82. The van der Waals surface area contributed by atoms with Crippen molar-refractivity contribution in [1.29, 1.82) is 0 Å². The Morgan fingerprint density at radius 3 is 2.26 bits per heavy atom. The van der Waals surface area contributed by atoms with Gasteiger partial charge >= 0.3 is 0 Å². The third-order valence-corrected chi connectivity index (χ3v) is 5.48. The molecule has 0 unspecified atom stereocenters. The Morgan fingerprint density at radius 1 is 1.03 bits per heavy atom. The van der Waals surface area contributed by atoms with Crippen LogP contribution in [0.25, 0.3) is 21.9 Å². The van der Waals surface area contributed by atoms with E-state index >= 15 is 0 Å². The van der Waals surface area contributed by atoms with Crippen molar-refractivity contribution >= 4 is 32.3 Å². The van der Waals surface area contributed by atoms with E-state index in [-0.39, 0.29) is 5.78 Å². The normalized spacial score (nSPS) is 13.2. The second kappa shape index (κ2) is 8.44. The number of nitrogens with one attached hydrogen (secondary N) is 1. The molecule has 1 atom stereocenters. The summed E-state index contributed by atoms with van der Waals surface area (Å²) in [7, 11) is -3.50. The van der Waals surface area contributed by atoms with E-state index in [1.165, 1.54) is 6.92 Å². The zero-order chi connectivity index (χ0) is 23.0. The van der Waals surface area contributed by atoms with E-state index < -0.39 is 21.7 Å². The number of benzene rings is 3. The van der Waals surface area contributed by atoms with Crippen molar-refractivity contribution in [1.82, 2.24) is 0 Å². The Morgan fingerprint density at radius 2 is 1.65 bits per heavy atom. The third kappa shape index (κ3) is 5.32. The molecule has 0 aliphatic carbocycles. The van der Waals surface area contributed by atoms with Crippen LogP contribution in [-0.2, 0) is 19.6 Å². The van der Waals surface area contributed by atoms with Crippen molar-refractivity contribution < 1.29 is 17.9 Å². The van der Waals surface area contributed by atoms with Gasteiger partial charge in [0.2, 0.25) is 10.0 Å². The van der Waals surface area contributed by atoms with E-state index in [1.54, 1.807) is 12.1 Å². The largest absolute Gasteiger partial charge is 0.360 e. The number of ketones is 1. The third-order valence-electron chi connectivity index (χ3n) is 4.89. The number of para-hydroxylation sites is 1. The van der Waals surface area contributed by atoms with Gasteiger partial charge in [0.1, 0.15) is 6.10 Å². The maximum atomic E-state index is 12.8. The monoisotopic (exact) mass is 439 g/mol. The van der Waals surface area contributed by atoms with Gasteiger partial charge in [-0.25, -0.2) is 8.42 Å². The molecule has 5 nitrogen and oxygen atoms in total. The molecule has 0 saturated heterocycles. The molecule has 0 aromatic heterocycles. The molecule has 0 spiro atoms. The predicted octanol–water partition coefficient (Wildman–Crippen LogP) is 5.63. The lowest BCUT2D eigenvalue weighted by Crippen LogP contribution is -2.27. The Bertz CT molecular complexity index is 1240. The molecule has 0 radical (unpaired) electrons. The van der Waals surface area contributed by atoms with Gasteiger partial charge in [0, 0.05) is 5.56 Å². The van der Waals surface area contributed by atoms with Gasteiger partial charge in [-0.05, 0) is 68.1 Å². The summed E-state index contributed by atoms with van der Waals surface area (Å²) < 4.78 is 32.9. The van der Waals surface area contributed by atoms with E-state index in [1.807, 2.05) is 70.2 Å². The molecule has 31 heavy (non-hydrogen) atoms. The van der Waals surface area contributed by atoms with Crippen molar-refractivity contribution in [2.45, 2.75) is 46.3 Å². The molecule has 0 saturated carbocycles. The number of ether oxygens (including phenoxy) is 1. The predicted molar refractivity (Wildman–Crippen MR) is 127 cm³/mol. The van der Waals surface area contributed by atoms with Crippen molar-refractivity contribution in [2.75, 3.05) is 11.0 Å². The molecule has 1 N–H and O–H groups in total. The first-order valence-corrected chi connectivity index (χ1v) is 12.0. The highest BCUT2D eigenvalue weighted by molar-refractivity contribution is 7.92. The Balaban J connectivity index is 2.43. The summed E-state index contributed by atoms with van der Waals surface area (Å²) in [6.07, 6.45) is 0.339. The standard InChI is InChI=1S/C25H29NO4S/c1-16-15-18-11-7-8-12-19(18)23(22(16)24(17(2)27)30-25(3,4)5)20-13-9-10-14-21(20)26-31(6,28)29/h7-15,24,26H,1-6H3/t24-/m1/s1. The number of carbonyl (C=O) groups is 1. The number of Topliss-reactive ketones (excluding diaryl/α,β-unsaturated/α-hetero) is 1. The van der Waals surface area contributed by atoms with Gasteiger partial charge in [0.15, 0.2) is 5.78 Å². The fraction of sp³-hybridized carbons (Fsp3) is 0.320. The molecular weight excluding hydrogens is 410 g/mol. The molecule has 0 amide bonds. The lowest BCUT2D eigenvalue weighted by atomic mass is 9.85. The van der Waals surface area contributed by atoms with Crippen LogP contribution in [0.5, 0.6) is 0 Å². The summed E-state index contributed by atoms with van der Waals surface area (Å²) in [5, 5.41) is 1.93. The van der Waals surface area contributed by atoms with E-state index in [2.05, 4.69) is 4.72 Å². The van der Waals surface area contributed by atoms with Crippen molar-refractivity contribution in [3.05, 3.63) is 65.7 Å². The van der Waals surface area contributed by atoms with E-state index in [9.17, 15) is 13.2 Å². The van der Waals surface area contributed by atoms with Crippen LogP contribution >= 0.6 is 0 Å². The smallest absolute Gasteiger partial charge is 0.229 e. The summed E-state index contributed by atoms with van der Waals surface area (Å²) >= 11 is 0. The van der Waals surface area contributed by atoms with Gasteiger partial charge in [0.05, 0.1) is 17.5 Å². The van der Waals surface area contributed by atoms with Crippen molar-refractivity contribution in [3.63, 3.8) is 0 Å². The van der Waals surface area contributed by atoms with Gasteiger partial charge < -0.3 is 4.74 Å². The van der Waals surface area contributed by atoms with Gasteiger partial charge in [-0.3, -0.25) is 9.52 Å². The summed E-state index contributed by atoms with van der Waals surface area (Å²) in [6.45, 7) is 9.23. The number of sulfonamides is 1. The van der Waals surface area contributed by atoms with Gasteiger partial charge in [0.25, 0.3) is 0 Å². The molecular formula is C25H29NO4S. The highest BCUT2D eigenvalue weighted by Crippen LogP contribution is 2.43. The van der Waals surface area contributed by atoms with E-state index in [0.717, 1.165) is 33.7 Å². The Hall–Kier alpha value is -2.70. The highest BCUT2D eigenvalue weighted by Gasteiger charge is 2.30. The highest BCUT2D eigenvalue weighted by atomic mass is 32.2. The molecule has 3 aromatic rings. The average Bonchev–Trinajstić information content (AvgIpc) is 2.64. The molecule has 0 aliphatic heterocycles. The van der Waals surface area contributed by atoms with Crippen molar-refractivity contribution in [3.8, 4) is 11.1 Å². The maximum absolute atomic E-state index is 12.8. The molecule has 3 aromatic carbocycles. The molecule has 3 rings (SSSR count). The van der Waals surface area contributed by atoms with Crippen LogP contribution in [0.4, 0.5) is 5.69 Å². The van der Waals surface area contributed by atoms with Gasteiger partial charge in [-0.1, -0.05) is 48.5 Å². The summed E-state index contributed by atoms with van der Waals surface area (Å²) in [4.78, 5) is 12.8. The lowest BCUT2D eigenvalue weighted by Gasteiger charge is -2.30. The van der Waals surface area contributed by atoms with Crippen LogP contribution in [0.1, 0.15) is 44.9 Å². The van der Waals surface area contributed by atoms with Crippen LogP contribution in [0, 0.1) is 6.92 Å². The molecule has 0 bridgehead atoms. The number of fused-ring (bicyclic) bond motifs is 1. The molecule has 164 valence electrons. The number of hydrogen-bond donors (Lipinski definition) is 1. The number of aryl methyl sites for hydroxylation is 1. The second-order valence-electron chi connectivity index (χ2n) is 8.84. The quantitative estimate of drug-likeness (QED) is 0.540. The number of hydrogen-bond acceptors (Lipinski definition) is 4. The van der Waals surface area contributed by atoms with Crippen LogP contribution in [0.3, 0.4) is 0 Å². The van der Waals surface area contributed by atoms with Gasteiger partial charge in [-0.2, -0.15) is 0 Å². The first-order valence-electron chi connectivity index (χ1n) is 10.1. The van der Waals surface area contributed by atoms with Crippen LogP contribution < -0.4 is 4.72 Å². The number of rotatable bonds is 6. The first kappa shape index (κ1) is 23.0. The number of carbonyl (C=O) groups excluding carboxylic acids is 1. The minimum atomic E-state index is -3.50. The number of anilines is 1. The SMILES string of the molecule is CC(=O)[C@@H](OC(C)(C)C)c1c(C)cc2ccccc2c1-c1ccccc1NS(C)(=O)=O. The summed E-state index contributed by atoms with van der Waals surface area (Å²) in [5.74, 6) is -0.108. The Kier molecular flexibility index (Phi) is 6.25. The van der Waals surface area contributed by atoms with Crippen LogP contribution in [0.15, 0.2) is 54.6 Å². The summed E-state index contributed by atoms with van der Waals surface area (Å²) in [6, 6.07) is 17.2. The topological polar surface area (TPSA) is 72.5 Å². The average molecular weight is 440 g/mol. The minimum absolute atomic E-state index is 0.108. The van der Waals surface area contributed by atoms with Crippen molar-refractivity contribution in [2.24, 2.45) is 0 Å². The molecule has 0 aliphatic rings. The zero-order valence-corrected chi connectivity index (χ0v) is 19.6. The minimum Gasteiger partial charge on any atom is -0.360 e. The van der Waals surface area contributed by atoms with Gasteiger partial charge in [-0.15, -0.1) is 0 Å². The maximum Gasteiger partial charge on any atom is 0.229 e. The zero-order valence-electron chi connectivity index (χ0n) is 18.8. The van der Waals surface area contributed by atoms with E-state index in [0.29, 0.717) is 11.3 Å². The van der Waals surface area contributed by atoms with Crippen LogP contribution in [0.2, 0.25) is 0 Å². The fourth-order valence-corrected chi connectivity index (χ4v) is 4.40. The van der Waals surface area contributed by atoms with Crippen LogP contribution in [-0.4, -0.2) is 26.1 Å². The first-order chi connectivity index (χ1) is 14.4. The molecule has 6 heteroatoms. The second-order valence-corrected chi connectivity index (χ2v) is 10.6. The molecule has 0 heterocycles. The van der Waals surface area contributed by atoms with E-state index in [4.69, 9.17) is 4.74 Å². The molecule has 0 fully saturated rings. The lowest BCUT2D eigenvalue weighted by molar-refractivity contribution is -0.138.